The Kier molecular flexibility index (Phi) is 5.03. The lowest BCUT2D eigenvalue weighted by molar-refractivity contribution is 0.630. The lowest BCUT2D eigenvalue weighted by atomic mass is 9.74. The fourth-order valence-electron chi connectivity index (χ4n) is 8.13. The Morgan fingerprint density at radius 2 is 1.38 bits per heavy atom. The molecule has 0 spiro atoms. The van der Waals surface area contributed by atoms with Crippen LogP contribution < -0.4 is 0 Å². The summed E-state index contributed by atoms with van der Waals surface area (Å²) >= 11 is 1.90. The molecule has 0 amide bonds. The van der Waals surface area contributed by atoms with E-state index in [9.17, 15) is 0 Å². The number of thiophene rings is 1. The second kappa shape index (κ2) is 9.18. The normalized spacial score (nSPS) is 13.8. The van der Waals surface area contributed by atoms with Gasteiger partial charge in [-0.1, -0.05) is 105 Å². The van der Waals surface area contributed by atoms with Crippen LogP contribution in [0.15, 0.2) is 132 Å². The maximum absolute atomic E-state index is 6.43. The first-order chi connectivity index (χ1) is 23.6. The van der Waals surface area contributed by atoms with Gasteiger partial charge < -0.3 is 8.98 Å². The van der Waals surface area contributed by atoms with Gasteiger partial charge in [-0.15, -0.1) is 11.3 Å². The molecular weight excluding hydrogens is 607 g/mol. The van der Waals surface area contributed by atoms with Crippen molar-refractivity contribution in [1.29, 1.82) is 0 Å². The third-order valence-electron chi connectivity index (χ3n) is 10.4. The number of benzene rings is 6. The SMILES string of the molecule is CC1(C)c2cc(-c3nc(-c4cccc5c4oc4ccccc45)nc4ccccc34)ccc2-n2c3c1cccc3c1sc3ccccc3c12. The fraction of sp³-hybridized carbons (Fsp3) is 0.0698. The smallest absolute Gasteiger partial charge is 0.164 e. The molecule has 4 nitrogen and oxygen atoms in total. The van der Waals surface area contributed by atoms with Crippen LogP contribution in [0.3, 0.4) is 0 Å². The topological polar surface area (TPSA) is 43.9 Å². The van der Waals surface area contributed by atoms with E-state index in [2.05, 4.69) is 128 Å². The molecule has 5 heterocycles. The van der Waals surface area contributed by atoms with Gasteiger partial charge in [-0.05, 0) is 47.5 Å². The summed E-state index contributed by atoms with van der Waals surface area (Å²) in [6.07, 6.45) is 0. The van der Waals surface area contributed by atoms with Gasteiger partial charge in [0, 0.05) is 42.6 Å². The van der Waals surface area contributed by atoms with Crippen LogP contribution in [0, 0.1) is 0 Å². The van der Waals surface area contributed by atoms with Gasteiger partial charge in [-0.25, -0.2) is 9.97 Å². The summed E-state index contributed by atoms with van der Waals surface area (Å²) in [5, 5.41) is 5.83. The Bertz CT molecular complexity index is 2990. The minimum Gasteiger partial charge on any atom is -0.455 e. The standard InChI is InChI=1S/C43H27N3OS/c1-43(2)31-17-10-15-29-38(31)46(39-28-13-5-8-20-36(28)48-41(29)39)34-22-21-24(23-32(34)43)37-27-12-3-6-18-33(27)44-42(45-37)30-16-9-14-26-25-11-4-7-19-35(25)47-40(26)30/h3-23H,1-2H3. The monoisotopic (exact) mass is 633 g/mol. The van der Waals surface area contributed by atoms with Gasteiger partial charge in [0.05, 0.1) is 38.2 Å². The van der Waals surface area contributed by atoms with E-state index in [0.29, 0.717) is 5.82 Å². The summed E-state index contributed by atoms with van der Waals surface area (Å²) in [6, 6.07) is 45.3. The van der Waals surface area contributed by atoms with Crippen molar-refractivity contribution in [2.45, 2.75) is 19.3 Å². The van der Waals surface area contributed by atoms with E-state index in [4.69, 9.17) is 14.4 Å². The molecule has 0 saturated heterocycles. The summed E-state index contributed by atoms with van der Waals surface area (Å²) in [5.41, 5.74) is 11.8. The van der Waals surface area contributed by atoms with Crippen LogP contribution in [0.1, 0.15) is 25.0 Å². The minimum absolute atomic E-state index is 0.220. The molecule has 10 aromatic rings. The number of aromatic nitrogens is 3. The lowest BCUT2D eigenvalue weighted by Gasteiger charge is -2.35. The average Bonchev–Trinajstić information content (AvgIpc) is 3.79. The second-order valence-electron chi connectivity index (χ2n) is 13.4. The highest BCUT2D eigenvalue weighted by Crippen LogP contribution is 2.51. The first-order valence-corrected chi connectivity index (χ1v) is 17.2. The van der Waals surface area contributed by atoms with Crippen molar-refractivity contribution >= 4 is 75.4 Å². The first kappa shape index (κ1) is 26.3. The Balaban J connectivity index is 1.18. The number of hydrogen-bond donors (Lipinski definition) is 0. The van der Waals surface area contributed by atoms with Crippen LogP contribution in [0.25, 0.3) is 92.4 Å². The van der Waals surface area contributed by atoms with Crippen molar-refractivity contribution in [3.8, 4) is 28.3 Å². The Hall–Kier alpha value is -5.78. The minimum atomic E-state index is -0.220. The predicted octanol–water partition coefficient (Wildman–Crippen LogP) is 11.8. The molecule has 226 valence electrons. The van der Waals surface area contributed by atoms with Crippen molar-refractivity contribution < 1.29 is 4.42 Å². The summed E-state index contributed by atoms with van der Waals surface area (Å²) in [4.78, 5) is 10.4. The molecule has 0 atom stereocenters. The molecule has 1 aliphatic heterocycles. The number of hydrogen-bond acceptors (Lipinski definition) is 4. The van der Waals surface area contributed by atoms with Crippen LogP contribution in [0.5, 0.6) is 0 Å². The molecule has 0 N–H and O–H groups in total. The van der Waals surface area contributed by atoms with E-state index in [0.717, 1.165) is 49.7 Å². The number of fused-ring (bicyclic) bond motifs is 11. The van der Waals surface area contributed by atoms with Crippen molar-refractivity contribution in [2.75, 3.05) is 0 Å². The first-order valence-electron chi connectivity index (χ1n) is 16.3. The van der Waals surface area contributed by atoms with Gasteiger partial charge in [-0.2, -0.15) is 0 Å². The maximum Gasteiger partial charge on any atom is 0.164 e. The highest BCUT2D eigenvalue weighted by Gasteiger charge is 2.36. The largest absolute Gasteiger partial charge is 0.455 e. The van der Waals surface area contributed by atoms with E-state index >= 15 is 0 Å². The van der Waals surface area contributed by atoms with Gasteiger partial charge >= 0.3 is 0 Å². The number of rotatable bonds is 2. The molecule has 4 aromatic heterocycles. The van der Waals surface area contributed by atoms with Crippen LogP contribution in [0.4, 0.5) is 0 Å². The zero-order valence-electron chi connectivity index (χ0n) is 26.3. The highest BCUT2D eigenvalue weighted by molar-refractivity contribution is 7.26. The van der Waals surface area contributed by atoms with Crippen molar-refractivity contribution in [2.24, 2.45) is 0 Å². The molecular formula is C43H27N3OS. The summed E-state index contributed by atoms with van der Waals surface area (Å²) < 4.78 is 11.6. The molecule has 6 aromatic carbocycles. The van der Waals surface area contributed by atoms with E-state index in [1.165, 1.54) is 48.0 Å². The van der Waals surface area contributed by atoms with Gasteiger partial charge in [0.1, 0.15) is 11.2 Å². The molecule has 0 radical (unpaired) electrons. The number of furan rings is 1. The van der Waals surface area contributed by atoms with E-state index in [1.54, 1.807) is 0 Å². The number of nitrogens with zero attached hydrogens (tertiary/aromatic N) is 3. The molecule has 1 aliphatic rings. The van der Waals surface area contributed by atoms with Gasteiger partial charge in [0.25, 0.3) is 0 Å². The van der Waals surface area contributed by atoms with Crippen LogP contribution in [0.2, 0.25) is 0 Å². The van der Waals surface area contributed by atoms with Crippen LogP contribution in [-0.4, -0.2) is 14.5 Å². The molecule has 0 fully saturated rings. The quantitative estimate of drug-likeness (QED) is 0.190. The fourth-order valence-corrected chi connectivity index (χ4v) is 9.34. The zero-order chi connectivity index (χ0) is 31.7. The highest BCUT2D eigenvalue weighted by atomic mass is 32.1. The molecule has 0 saturated carbocycles. The molecule has 0 unspecified atom stereocenters. The molecule has 0 aliphatic carbocycles. The van der Waals surface area contributed by atoms with Gasteiger partial charge in [0.15, 0.2) is 5.82 Å². The summed E-state index contributed by atoms with van der Waals surface area (Å²) in [5.74, 6) is 0.661. The summed E-state index contributed by atoms with van der Waals surface area (Å²) in [7, 11) is 0. The average molecular weight is 634 g/mol. The third kappa shape index (κ3) is 3.33. The van der Waals surface area contributed by atoms with Gasteiger partial charge in [-0.3, -0.25) is 0 Å². The van der Waals surface area contributed by atoms with Crippen LogP contribution in [-0.2, 0) is 5.41 Å². The Morgan fingerprint density at radius 1 is 0.625 bits per heavy atom. The van der Waals surface area contributed by atoms with Crippen molar-refractivity contribution in [3.05, 3.63) is 139 Å². The lowest BCUT2D eigenvalue weighted by Crippen LogP contribution is -2.26. The van der Waals surface area contributed by atoms with Crippen molar-refractivity contribution in [1.82, 2.24) is 14.5 Å². The predicted molar refractivity (Wildman–Crippen MR) is 200 cm³/mol. The molecule has 5 heteroatoms. The third-order valence-corrected chi connectivity index (χ3v) is 11.6. The van der Waals surface area contributed by atoms with Crippen LogP contribution >= 0.6 is 11.3 Å². The zero-order valence-corrected chi connectivity index (χ0v) is 27.1. The molecule has 0 bridgehead atoms. The molecule has 11 rings (SSSR count). The molecule has 48 heavy (non-hydrogen) atoms. The van der Waals surface area contributed by atoms with E-state index in [1.807, 2.05) is 29.5 Å². The Morgan fingerprint density at radius 3 is 2.29 bits per heavy atom. The summed E-state index contributed by atoms with van der Waals surface area (Å²) in [6.45, 7) is 4.72. The Labute approximate surface area is 279 Å². The van der Waals surface area contributed by atoms with Crippen molar-refractivity contribution in [3.63, 3.8) is 0 Å². The van der Waals surface area contributed by atoms with E-state index in [-0.39, 0.29) is 5.41 Å². The van der Waals surface area contributed by atoms with E-state index < -0.39 is 0 Å². The van der Waals surface area contributed by atoms with Gasteiger partial charge in [0.2, 0.25) is 0 Å². The second-order valence-corrected chi connectivity index (χ2v) is 14.4. The maximum atomic E-state index is 6.43. The number of para-hydroxylation sites is 4.